The molecule has 10 nitrogen and oxygen atoms in total. The van der Waals surface area contributed by atoms with Crippen molar-refractivity contribution < 1.29 is 37.0 Å². The standard InChI is InChI=1S/C36H37BrN2O8S2/c1-3-19-45-31(40)23-46-33-32(37)34(48-35(33)36(41)47-22-26-11-7-14-30(20-26)44-2)27-12-8-13-29(21-27)38-28-15-17-39(18-16-28)49(42,43)24-25-9-5-4-6-10-25/h3-14,20-21,28,38H,1,15-19,22-24H2,2H3. The molecule has 1 N–H and O–H groups in total. The van der Waals surface area contributed by atoms with Gasteiger partial charge in [0.05, 0.1) is 22.2 Å². The summed E-state index contributed by atoms with van der Waals surface area (Å²) in [5, 5.41) is 3.55. The van der Waals surface area contributed by atoms with E-state index in [-0.39, 0.29) is 35.6 Å². The van der Waals surface area contributed by atoms with E-state index in [9.17, 15) is 18.0 Å². The number of thiophene rings is 1. The van der Waals surface area contributed by atoms with Crippen molar-refractivity contribution in [1.82, 2.24) is 4.31 Å². The van der Waals surface area contributed by atoms with Gasteiger partial charge in [-0.15, -0.1) is 11.3 Å². The van der Waals surface area contributed by atoms with Gasteiger partial charge in [0.1, 0.15) is 19.0 Å². The van der Waals surface area contributed by atoms with Crippen molar-refractivity contribution in [2.24, 2.45) is 0 Å². The molecule has 0 amide bonds. The van der Waals surface area contributed by atoms with Crippen LogP contribution in [0.25, 0.3) is 10.4 Å². The molecule has 0 atom stereocenters. The van der Waals surface area contributed by atoms with Crippen LogP contribution in [0.5, 0.6) is 11.5 Å². The van der Waals surface area contributed by atoms with Crippen LogP contribution in [0.1, 0.15) is 33.6 Å². The third-order valence-corrected chi connectivity index (χ3v) is 11.8. The number of rotatable bonds is 15. The first-order chi connectivity index (χ1) is 23.7. The number of nitrogens with zero attached hydrogens (tertiary/aromatic N) is 1. The molecule has 0 bridgehead atoms. The lowest BCUT2D eigenvalue weighted by Gasteiger charge is -2.32. The van der Waals surface area contributed by atoms with Gasteiger partial charge in [-0.05, 0) is 69.7 Å². The minimum Gasteiger partial charge on any atom is -0.497 e. The Morgan fingerprint density at radius 1 is 1.00 bits per heavy atom. The van der Waals surface area contributed by atoms with Crippen LogP contribution in [0.2, 0.25) is 0 Å². The monoisotopic (exact) mass is 768 g/mol. The number of carbonyl (C=O) groups excluding carboxylic acids is 2. The van der Waals surface area contributed by atoms with Crippen molar-refractivity contribution in [2.45, 2.75) is 31.2 Å². The smallest absolute Gasteiger partial charge is 0.352 e. The number of anilines is 1. The van der Waals surface area contributed by atoms with Gasteiger partial charge in [0.15, 0.2) is 17.2 Å². The van der Waals surface area contributed by atoms with Crippen LogP contribution < -0.4 is 14.8 Å². The van der Waals surface area contributed by atoms with Crippen molar-refractivity contribution in [2.75, 3.05) is 38.7 Å². The number of benzene rings is 3. The van der Waals surface area contributed by atoms with E-state index in [0.717, 1.165) is 22.4 Å². The molecule has 1 aliphatic heterocycles. The fraction of sp³-hybridized carbons (Fsp3) is 0.278. The SMILES string of the molecule is C=CCOC(=O)COc1c(C(=O)OCc2cccc(OC)c2)sc(-c2cccc(NC3CCN(S(=O)(=O)Cc4ccccc4)CC3)c2)c1Br. The summed E-state index contributed by atoms with van der Waals surface area (Å²) in [7, 11) is -1.85. The summed E-state index contributed by atoms with van der Waals surface area (Å²) in [4.78, 5) is 26.5. The first-order valence-electron chi connectivity index (χ1n) is 15.6. The Bertz CT molecular complexity index is 1870. The summed E-state index contributed by atoms with van der Waals surface area (Å²) < 4.78 is 49.9. The summed E-state index contributed by atoms with van der Waals surface area (Å²) in [5.41, 5.74) is 3.17. The molecule has 0 saturated carbocycles. The molecule has 1 aromatic heterocycles. The maximum Gasteiger partial charge on any atom is 0.352 e. The summed E-state index contributed by atoms with van der Waals surface area (Å²) in [6.07, 6.45) is 2.77. The maximum absolute atomic E-state index is 13.4. The first-order valence-corrected chi connectivity index (χ1v) is 18.8. The number of hydrogen-bond acceptors (Lipinski definition) is 10. The largest absolute Gasteiger partial charge is 0.497 e. The van der Waals surface area contributed by atoms with Crippen LogP contribution in [0.15, 0.2) is 96.0 Å². The Labute approximate surface area is 298 Å². The summed E-state index contributed by atoms with van der Waals surface area (Å²) >= 11 is 4.78. The Morgan fingerprint density at radius 3 is 2.47 bits per heavy atom. The molecule has 2 heterocycles. The van der Waals surface area contributed by atoms with E-state index in [4.69, 9.17) is 18.9 Å². The average Bonchev–Trinajstić information content (AvgIpc) is 3.45. The van der Waals surface area contributed by atoms with E-state index < -0.39 is 28.6 Å². The van der Waals surface area contributed by atoms with Crippen LogP contribution in [-0.2, 0) is 36.7 Å². The highest BCUT2D eigenvalue weighted by Crippen LogP contribution is 2.46. The fourth-order valence-electron chi connectivity index (χ4n) is 5.29. The van der Waals surface area contributed by atoms with Gasteiger partial charge < -0.3 is 24.3 Å². The van der Waals surface area contributed by atoms with E-state index in [2.05, 4.69) is 27.8 Å². The minimum absolute atomic E-state index is 0.00742. The van der Waals surface area contributed by atoms with Crippen LogP contribution in [0.4, 0.5) is 5.69 Å². The molecule has 13 heteroatoms. The number of esters is 2. The van der Waals surface area contributed by atoms with Crippen molar-refractivity contribution in [3.05, 3.63) is 112 Å². The second-order valence-electron chi connectivity index (χ2n) is 11.2. The van der Waals surface area contributed by atoms with Gasteiger partial charge in [0.2, 0.25) is 10.0 Å². The maximum atomic E-state index is 13.4. The van der Waals surface area contributed by atoms with E-state index in [1.807, 2.05) is 66.7 Å². The second-order valence-corrected chi connectivity index (χ2v) is 15.0. The topological polar surface area (TPSA) is 120 Å². The van der Waals surface area contributed by atoms with Crippen molar-refractivity contribution in [3.63, 3.8) is 0 Å². The van der Waals surface area contributed by atoms with Gasteiger partial charge >= 0.3 is 11.9 Å². The zero-order valence-corrected chi connectivity index (χ0v) is 30.2. The molecular formula is C36H37BrN2O8S2. The number of sulfonamides is 1. The Morgan fingerprint density at radius 2 is 1.73 bits per heavy atom. The molecule has 4 aromatic rings. The van der Waals surface area contributed by atoms with E-state index in [1.165, 1.54) is 17.4 Å². The van der Waals surface area contributed by atoms with Gasteiger partial charge in [-0.2, -0.15) is 0 Å². The van der Waals surface area contributed by atoms with Gasteiger partial charge in [-0.25, -0.2) is 22.3 Å². The molecular weight excluding hydrogens is 732 g/mol. The van der Waals surface area contributed by atoms with E-state index in [1.54, 1.807) is 23.5 Å². The van der Waals surface area contributed by atoms with Crippen LogP contribution in [0, 0.1) is 0 Å². The van der Waals surface area contributed by atoms with Gasteiger partial charge in [-0.1, -0.05) is 67.3 Å². The van der Waals surface area contributed by atoms with Gasteiger partial charge in [0, 0.05) is 24.8 Å². The van der Waals surface area contributed by atoms with Gasteiger partial charge in [0.25, 0.3) is 0 Å². The third-order valence-electron chi connectivity index (χ3n) is 7.73. The lowest BCUT2D eigenvalue weighted by Crippen LogP contribution is -2.42. The van der Waals surface area contributed by atoms with Crippen molar-refractivity contribution in [3.8, 4) is 21.9 Å². The summed E-state index contributed by atoms with van der Waals surface area (Å²) in [6, 6.07) is 24.2. The van der Waals surface area contributed by atoms with Crippen LogP contribution in [-0.4, -0.2) is 64.1 Å². The van der Waals surface area contributed by atoms with Crippen LogP contribution >= 0.6 is 27.3 Å². The Kier molecular flexibility index (Phi) is 12.5. The van der Waals surface area contributed by atoms with Gasteiger partial charge in [-0.3, -0.25) is 0 Å². The van der Waals surface area contributed by atoms with Crippen LogP contribution in [0.3, 0.4) is 0 Å². The lowest BCUT2D eigenvalue weighted by molar-refractivity contribution is -0.144. The quantitative estimate of drug-likeness (QED) is 0.100. The highest BCUT2D eigenvalue weighted by molar-refractivity contribution is 9.10. The normalized spacial score (nSPS) is 13.8. The molecule has 5 rings (SSSR count). The zero-order chi connectivity index (χ0) is 34.8. The third kappa shape index (κ3) is 9.72. The molecule has 1 saturated heterocycles. The molecule has 1 aliphatic rings. The highest BCUT2D eigenvalue weighted by atomic mass is 79.9. The number of piperidine rings is 1. The molecule has 0 aliphatic carbocycles. The number of hydrogen-bond donors (Lipinski definition) is 1. The average molecular weight is 770 g/mol. The van der Waals surface area contributed by atoms with E-state index in [0.29, 0.717) is 41.0 Å². The Balaban J connectivity index is 1.29. The number of ether oxygens (including phenoxy) is 4. The lowest BCUT2D eigenvalue weighted by atomic mass is 10.1. The minimum atomic E-state index is -3.41. The molecule has 0 unspecified atom stereocenters. The molecule has 0 radical (unpaired) electrons. The molecule has 258 valence electrons. The van der Waals surface area contributed by atoms with E-state index >= 15 is 0 Å². The van der Waals surface area contributed by atoms with Crippen molar-refractivity contribution in [1.29, 1.82) is 0 Å². The number of methoxy groups -OCH3 is 1. The molecule has 3 aromatic carbocycles. The molecule has 1 fully saturated rings. The predicted octanol–water partition coefficient (Wildman–Crippen LogP) is 7.06. The molecule has 49 heavy (non-hydrogen) atoms. The predicted molar refractivity (Wildman–Crippen MR) is 194 cm³/mol. The highest BCUT2D eigenvalue weighted by Gasteiger charge is 2.29. The summed E-state index contributed by atoms with van der Waals surface area (Å²) in [5.74, 6) is -0.419. The number of nitrogens with one attached hydrogen (secondary N) is 1. The molecule has 0 spiro atoms. The Hall–Kier alpha value is -4.17. The summed E-state index contributed by atoms with van der Waals surface area (Å²) in [6.45, 7) is 4.03. The fourth-order valence-corrected chi connectivity index (χ4v) is 8.79. The zero-order valence-electron chi connectivity index (χ0n) is 26.9. The number of carbonyl (C=O) groups is 2. The number of halogens is 1. The first kappa shape index (κ1) is 36.1. The second kappa shape index (κ2) is 17.0. The van der Waals surface area contributed by atoms with Crippen molar-refractivity contribution >= 4 is 54.9 Å².